The second-order valence-electron chi connectivity index (χ2n) is 8.27. The van der Waals surface area contributed by atoms with Gasteiger partial charge in [0, 0.05) is 0 Å². The van der Waals surface area contributed by atoms with Crippen LogP contribution in [0.3, 0.4) is 0 Å². The average Bonchev–Trinajstić information content (AvgIpc) is 2.82. The number of aliphatic hydroxyl groups is 1. The topological polar surface area (TPSA) is 66.5 Å². The molecule has 2 saturated carbocycles. The molecular formula is C20H29NO2. The van der Waals surface area contributed by atoms with Gasteiger partial charge in [0.15, 0.2) is 0 Å². The first-order chi connectivity index (χ1) is 11.0. The van der Waals surface area contributed by atoms with Gasteiger partial charge in [-0.1, -0.05) is 6.92 Å². The number of aryl methyl sites for hydroxylation is 1. The van der Waals surface area contributed by atoms with E-state index in [9.17, 15) is 10.2 Å². The van der Waals surface area contributed by atoms with Gasteiger partial charge in [-0.05, 0) is 103 Å². The summed E-state index contributed by atoms with van der Waals surface area (Å²) in [6, 6.07) is 3.91. The molecule has 0 saturated heterocycles. The number of aromatic hydroxyl groups is 1. The first-order valence-electron chi connectivity index (χ1n) is 9.27. The summed E-state index contributed by atoms with van der Waals surface area (Å²) in [4.78, 5) is 0. The van der Waals surface area contributed by atoms with Crippen molar-refractivity contribution < 1.29 is 10.2 Å². The number of benzene rings is 1. The van der Waals surface area contributed by atoms with Crippen LogP contribution in [0.15, 0.2) is 12.1 Å². The smallest absolute Gasteiger partial charge is 0.116 e. The minimum atomic E-state index is -0.113. The molecule has 5 atom stereocenters. The van der Waals surface area contributed by atoms with E-state index in [4.69, 9.17) is 5.73 Å². The zero-order valence-electron chi connectivity index (χ0n) is 14.1. The minimum Gasteiger partial charge on any atom is -0.508 e. The van der Waals surface area contributed by atoms with Crippen molar-refractivity contribution in [3.63, 3.8) is 0 Å². The minimum absolute atomic E-state index is 0.113. The van der Waals surface area contributed by atoms with Crippen LogP contribution in [0, 0.1) is 17.3 Å². The number of aliphatic hydroxyl groups excluding tert-OH is 1. The number of phenolic OH excluding ortho intramolecular Hbond substituents is 1. The fraction of sp³-hybridized carbons (Fsp3) is 0.700. The van der Waals surface area contributed by atoms with Crippen molar-refractivity contribution in [2.45, 2.75) is 63.9 Å². The molecule has 1 aromatic carbocycles. The SMILES string of the molecule is C[C@]12CC[C@@H]3c4c(CCN)cc(O)cc4CC[C@H]3[C@@H]1CC[C@@H]2O. The summed E-state index contributed by atoms with van der Waals surface area (Å²) in [6.45, 7) is 2.95. The summed E-state index contributed by atoms with van der Waals surface area (Å²) in [5.74, 6) is 2.34. The second-order valence-corrected chi connectivity index (χ2v) is 8.27. The highest BCUT2D eigenvalue weighted by Gasteiger charge is 2.54. The Morgan fingerprint density at radius 2 is 2.04 bits per heavy atom. The van der Waals surface area contributed by atoms with Crippen molar-refractivity contribution in [2.24, 2.45) is 23.0 Å². The molecule has 3 aliphatic rings. The predicted octanol–water partition coefficient (Wildman–Crippen LogP) is 3.11. The standard InChI is InChI=1S/C20H29NO2/c1-20-8-6-16-15(17(20)4-5-18(20)23)3-2-12-10-14(22)11-13(7-9-21)19(12)16/h10-11,15-18,22-23H,2-9,21H2,1H3/t15-,16+,17+,18+,20+/m1/s1. The van der Waals surface area contributed by atoms with Crippen molar-refractivity contribution in [3.8, 4) is 5.75 Å². The lowest BCUT2D eigenvalue weighted by molar-refractivity contribution is -0.0227. The number of phenols is 1. The zero-order valence-corrected chi connectivity index (χ0v) is 14.1. The number of nitrogens with two attached hydrogens (primary N) is 1. The molecule has 0 radical (unpaired) electrons. The highest BCUT2D eigenvalue weighted by atomic mass is 16.3. The normalized spacial score (nSPS) is 38.7. The van der Waals surface area contributed by atoms with E-state index in [2.05, 4.69) is 6.92 Å². The van der Waals surface area contributed by atoms with Crippen LogP contribution in [0.4, 0.5) is 0 Å². The molecule has 0 unspecified atom stereocenters. The molecule has 0 heterocycles. The number of hydrogen-bond acceptors (Lipinski definition) is 3. The molecule has 3 nitrogen and oxygen atoms in total. The molecule has 23 heavy (non-hydrogen) atoms. The first-order valence-corrected chi connectivity index (χ1v) is 9.27. The lowest BCUT2D eigenvalue weighted by Gasteiger charge is -2.50. The molecule has 2 fully saturated rings. The molecule has 0 bridgehead atoms. The van der Waals surface area contributed by atoms with Crippen LogP contribution in [0.25, 0.3) is 0 Å². The highest BCUT2D eigenvalue weighted by Crippen LogP contribution is 2.61. The number of hydrogen-bond donors (Lipinski definition) is 3. The van der Waals surface area contributed by atoms with Crippen molar-refractivity contribution in [1.82, 2.24) is 0 Å². The van der Waals surface area contributed by atoms with Gasteiger partial charge in [-0.15, -0.1) is 0 Å². The summed E-state index contributed by atoms with van der Waals surface area (Å²) in [5.41, 5.74) is 10.1. The third-order valence-electron chi connectivity index (χ3n) is 7.25. The Bertz CT molecular complexity index is 614. The Hall–Kier alpha value is -1.06. The summed E-state index contributed by atoms with van der Waals surface area (Å²) in [6.07, 6.45) is 7.46. The van der Waals surface area contributed by atoms with Gasteiger partial charge >= 0.3 is 0 Å². The van der Waals surface area contributed by atoms with E-state index in [1.807, 2.05) is 12.1 Å². The molecule has 0 spiro atoms. The predicted molar refractivity (Wildman–Crippen MR) is 91.5 cm³/mol. The Balaban J connectivity index is 1.74. The van der Waals surface area contributed by atoms with Gasteiger partial charge in [0.2, 0.25) is 0 Å². The van der Waals surface area contributed by atoms with E-state index in [-0.39, 0.29) is 11.5 Å². The largest absolute Gasteiger partial charge is 0.508 e. The fourth-order valence-electron chi connectivity index (χ4n) is 6.15. The van der Waals surface area contributed by atoms with Gasteiger partial charge < -0.3 is 15.9 Å². The molecular weight excluding hydrogens is 286 g/mol. The maximum atomic E-state index is 10.5. The Labute approximate surface area is 138 Å². The van der Waals surface area contributed by atoms with Crippen molar-refractivity contribution in [3.05, 3.63) is 28.8 Å². The third-order valence-corrected chi connectivity index (χ3v) is 7.25. The zero-order chi connectivity index (χ0) is 16.2. The molecule has 3 aliphatic carbocycles. The fourth-order valence-corrected chi connectivity index (χ4v) is 6.15. The molecule has 0 amide bonds. The van der Waals surface area contributed by atoms with Crippen LogP contribution in [-0.4, -0.2) is 22.9 Å². The van der Waals surface area contributed by atoms with Gasteiger partial charge in [0.1, 0.15) is 5.75 Å². The van der Waals surface area contributed by atoms with Crippen molar-refractivity contribution in [2.75, 3.05) is 6.54 Å². The van der Waals surface area contributed by atoms with Gasteiger partial charge in [-0.25, -0.2) is 0 Å². The number of rotatable bonds is 2. The third kappa shape index (κ3) is 2.24. The molecule has 0 aliphatic heterocycles. The van der Waals surface area contributed by atoms with Crippen LogP contribution in [0.1, 0.15) is 61.6 Å². The average molecular weight is 315 g/mol. The van der Waals surface area contributed by atoms with Crippen LogP contribution in [0.5, 0.6) is 5.75 Å². The molecule has 3 heteroatoms. The van der Waals surface area contributed by atoms with Crippen LogP contribution in [-0.2, 0) is 12.8 Å². The van der Waals surface area contributed by atoms with Crippen LogP contribution >= 0.6 is 0 Å². The first kappa shape index (κ1) is 15.5. The number of fused-ring (bicyclic) bond motifs is 5. The summed E-state index contributed by atoms with van der Waals surface area (Å²) in [5, 5.41) is 20.5. The van der Waals surface area contributed by atoms with Crippen molar-refractivity contribution >= 4 is 0 Å². The molecule has 4 N–H and O–H groups in total. The van der Waals surface area contributed by atoms with E-state index >= 15 is 0 Å². The summed E-state index contributed by atoms with van der Waals surface area (Å²) >= 11 is 0. The van der Waals surface area contributed by atoms with E-state index < -0.39 is 0 Å². The molecule has 0 aromatic heterocycles. The van der Waals surface area contributed by atoms with E-state index in [1.165, 1.54) is 36.0 Å². The van der Waals surface area contributed by atoms with Gasteiger partial charge in [-0.3, -0.25) is 0 Å². The maximum Gasteiger partial charge on any atom is 0.116 e. The Kier molecular flexibility index (Phi) is 3.69. The lowest BCUT2D eigenvalue weighted by atomic mass is 9.55. The Morgan fingerprint density at radius 1 is 1.22 bits per heavy atom. The van der Waals surface area contributed by atoms with Crippen LogP contribution in [0.2, 0.25) is 0 Å². The van der Waals surface area contributed by atoms with E-state index in [1.54, 1.807) is 0 Å². The van der Waals surface area contributed by atoms with E-state index in [0.29, 0.717) is 30.0 Å². The molecule has 1 aromatic rings. The van der Waals surface area contributed by atoms with Crippen molar-refractivity contribution in [1.29, 1.82) is 0 Å². The molecule has 126 valence electrons. The second kappa shape index (κ2) is 5.49. The van der Waals surface area contributed by atoms with Gasteiger partial charge in [0.25, 0.3) is 0 Å². The Morgan fingerprint density at radius 3 is 2.83 bits per heavy atom. The summed E-state index contributed by atoms with van der Waals surface area (Å²) < 4.78 is 0. The van der Waals surface area contributed by atoms with E-state index in [0.717, 1.165) is 25.7 Å². The van der Waals surface area contributed by atoms with Gasteiger partial charge in [0.05, 0.1) is 6.10 Å². The quantitative estimate of drug-likeness (QED) is 0.785. The maximum absolute atomic E-state index is 10.5. The lowest BCUT2D eigenvalue weighted by Crippen LogP contribution is -2.44. The van der Waals surface area contributed by atoms with Gasteiger partial charge in [-0.2, -0.15) is 0 Å². The molecule has 4 rings (SSSR count). The summed E-state index contributed by atoms with van der Waals surface area (Å²) in [7, 11) is 0. The van der Waals surface area contributed by atoms with Crippen LogP contribution < -0.4 is 5.73 Å². The monoisotopic (exact) mass is 315 g/mol. The highest BCUT2D eigenvalue weighted by molar-refractivity contribution is 5.46.